The lowest BCUT2D eigenvalue weighted by molar-refractivity contribution is -0.123. The number of carbonyl (C=O) groups is 1. The molecule has 2 heterocycles. The normalized spacial score (nSPS) is 27.4. The molecule has 2 atom stereocenters. The molecule has 5 nitrogen and oxygen atoms in total. The maximum Gasteiger partial charge on any atom is 0.162 e. The molecule has 1 aliphatic carbocycles. The summed E-state index contributed by atoms with van der Waals surface area (Å²) >= 11 is 0. The molecular formula is C16H24N2O3. The van der Waals surface area contributed by atoms with Crippen molar-refractivity contribution >= 4 is 5.78 Å². The van der Waals surface area contributed by atoms with Gasteiger partial charge in [-0.15, -0.1) is 0 Å². The van der Waals surface area contributed by atoms with Crippen molar-refractivity contribution in [3.05, 3.63) is 17.5 Å². The van der Waals surface area contributed by atoms with Crippen LogP contribution in [0.2, 0.25) is 0 Å². The average molecular weight is 292 g/mol. The van der Waals surface area contributed by atoms with Gasteiger partial charge >= 0.3 is 0 Å². The predicted molar refractivity (Wildman–Crippen MR) is 77.6 cm³/mol. The molecule has 5 heteroatoms. The summed E-state index contributed by atoms with van der Waals surface area (Å²) in [7, 11) is 1.65. The van der Waals surface area contributed by atoms with Crippen LogP contribution in [-0.4, -0.2) is 35.5 Å². The van der Waals surface area contributed by atoms with Crippen molar-refractivity contribution in [2.75, 3.05) is 13.7 Å². The van der Waals surface area contributed by atoms with Crippen LogP contribution >= 0.6 is 0 Å². The van der Waals surface area contributed by atoms with E-state index in [1.54, 1.807) is 7.11 Å². The highest BCUT2D eigenvalue weighted by Gasteiger charge is 2.36. The number of carbonyl (C=O) groups excluding carboxylic acids is 1. The summed E-state index contributed by atoms with van der Waals surface area (Å²) in [5.74, 6) is 1.47. The van der Waals surface area contributed by atoms with Gasteiger partial charge < -0.3 is 9.26 Å². The van der Waals surface area contributed by atoms with Gasteiger partial charge in [-0.25, -0.2) is 0 Å². The Morgan fingerprint density at radius 3 is 3.05 bits per heavy atom. The van der Waals surface area contributed by atoms with E-state index >= 15 is 0 Å². The van der Waals surface area contributed by atoms with Gasteiger partial charge in [0.1, 0.15) is 12.4 Å². The first-order chi connectivity index (χ1) is 10.3. The number of Topliss-reactive ketones (excluding diaryl/α,β-unsaturated/α-hetero) is 1. The van der Waals surface area contributed by atoms with E-state index in [-0.39, 0.29) is 5.92 Å². The molecule has 2 fully saturated rings. The van der Waals surface area contributed by atoms with E-state index in [0.717, 1.165) is 50.2 Å². The predicted octanol–water partition coefficient (Wildman–Crippen LogP) is 2.54. The number of methoxy groups -OCH3 is 1. The number of piperidine rings is 1. The average Bonchev–Trinajstić information content (AvgIpc) is 3.09. The minimum absolute atomic E-state index is 0.246. The Morgan fingerprint density at radius 1 is 1.38 bits per heavy atom. The SMILES string of the molecule is COCc1cc(CN2CCCCC2C2CCCC2=O)no1. The molecule has 0 spiro atoms. The summed E-state index contributed by atoms with van der Waals surface area (Å²) in [6.07, 6.45) is 6.48. The second-order valence-electron chi connectivity index (χ2n) is 6.22. The fraction of sp³-hybridized carbons (Fsp3) is 0.750. The van der Waals surface area contributed by atoms with Gasteiger partial charge in [-0.1, -0.05) is 11.6 Å². The molecule has 116 valence electrons. The van der Waals surface area contributed by atoms with Gasteiger partial charge in [0.05, 0.1) is 5.69 Å². The molecule has 0 aromatic carbocycles. The smallest absolute Gasteiger partial charge is 0.162 e. The lowest BCUT2D eigenvalue weighted by Crippen LogP contribution is -2.44. The molecule has 3 rings (SSSR count). The fourth-order valence-corrected chi connectivity index (χ4v) is 3.77. The zero-order chi connectivity index (χ0) is 14.7. The van der Waals surface area contributed by atoms with Crippen LogP contribution in [0.15, 0.2) is 10.6 Å². The summed E-state index contributed by atoms with van der Waals surface area (Å²) < 4.78 is 10.3. The van der Waals surface area contributed by atoms with Gasteiger partial charge in [0.2, 0.25) is 0 Å². The molecule has 2 aliphatic rings. The van der Waals surface area contributed by atoms with Gasteiger partial charge in [0.15, 0.2) is 5.76 Å². The van der Waals surface area contributed by atoms with Gasteiger partial charge in [-0.2, -0.15) is 0 Å². The highest BCUT2D eigenvalue weighted by atomic mass is 16.5. The molecule has 1 aromatic heterocycles. The van der Waals surface area contributed by atoms with Gasteiger partial charge in [0.25, 0.3) is 0 Å². The van der Waals surface area contributed by atoms with E-state index < -0.39 is 0 Å². The summed E-state index contributed by atoms with van der Waals surface area (Å²) in [6.45, 7) is 2.29. The molecule has 1 aliphatic heterocycles. The number of likely N-dealkylation sites (tertiary alicyclic amines) is 1. The zero-order valence-corrected chi connectivity index (χ0v) is 12.7. The summed E-state index contributed by atoms with van der Waals surface area (Å²) in [4.78, 5) is 14.5. The molecule has 21 heavy (non-hydrogen) atoms. The van der Waals surface area contributed by atoms with Crippen LogP contribution in [0.3, 0.4) is 0 Å². The highest BCUT2D eigenvalue weighted by molar-refractivity contribution is 5.83. The van der Waals surface area contributed by atoms with E-state index in [9.17, 15) is 4.79 Å². The Kier molecular flexibility index (Phi) is 4.70. The zero-order valence-electron chi connectivity index (χ0n) is 12.7. The molecule has 2 unspecified atom stereocenters. The molecule has 1 saturated heterocycles. The largest absolute Gasteiger partial charge is 0.377 e. The van der Waals surface area contributed by atoms with Crippen molar-refractivity contribution in [2.45, 2.75) is 57.7 Å². The first kappa shape index (κ1) is 14.7. The van der Waals surface area contributed by atoms with Gasteiger partial charge in [0, 0.05) is 38.1 Å². The Hall–Kier alpha value is -1.20. The van der Waals surface area contributed by atoms with Crippen molar-refractivity contribution in [1.82, 2.24) is 10.1 Å². The molecule has 0 radical (unpaired) electrons. The van der Waals surface area contributed by atoms with Crippen LogP contribution in [0.5, 0.6) is 0 Å². The summed E-state index contributed by atoms with van der Waals surface area (Å²) in [5.41, 5.74) is 0.944. The third-order valence-electron chi connectivity index (χ3n) is 4.74. The monoisotopic (exact) mass is 292 g/mol. The highest BCUT2D eigenvalue weighted by Crippen LogP contribution is 2.33. The van der Waals surface area contributed by atoms with Crippen LogP contribution in [0.1, 0.15) is 50.0 Å². The molecular weight excluding hydrogens is 268 g/mol. The van der Waals surface area contributed by atoms with E-state index in [2.05, 4.69) is 10.1 Å². The van der Waals surface area contributed by atoms with E-state index in [4.69, 9.17) is 9.26 Å². The standard InChI is InChI=1S/C16H24N2O3/c1-20-11-13-9-12(17-21-13)10-18-8-3-2-6-15(18)14-5-4-7-16(14)19/h9,14-15H,2-8,10-11H2,1H3. The lowest BCUT2D eigenvalue weighted by atomic mass is 9.88. The van der Waals surface area contributed by atoms with E-state index in [1.807, 2.05) is 6.07 Å². The van der Waals surface area contributed by atoms with Crippen LogP contribution in [-0.2, 0) is 22.7 Å². The number of aromatic nitrogens is 1. The van der Waals surface area contributed by atoms with Gasteiger partial charge in [-0.3, -0.25) is 9.69 Å². The minimum Gasteiger partial charge on any atom is -0.377 e. The number of hydrogen-bond acceptors (Lipinski definition) is 5. The van der Waals surface area contributed by atoms with E-state index in [1.165, 1.54) is 12.8 Å². The Balaban J connectivity index is 1.67. The van der Waals surface area contributed by atoms with Gasteiger partial charge in [-0.05, 0) is 32.2 Å². The topological polar surface area (TPSA) is 55.6 Å². The summed E-state index contributed by atoms with van der Waals surface area (Å²) in [5, 5.41) is 4.13. The summed E-state index contributed by atoms with van der Waals surface area (Å²) in [6, 6.07) is 2.36. The van der Waals surface area contributed by atoms with E-state index in [0.29, 0.717) is 18.4 Å². The van der Waals surface area contributed by atoms with Crippen molar-refractivity contribution in [1.29, 1.82) is 0 Å². The maximum absolute atomic E-state index is 12.1. The molecule has 0 N–H and O–H groups in total. The molecule has 0 bridgehead atoms. The lowest BCUT2D eigenvalue weighted by Gasteiger charge is -2.38. The Labute approximate surface area is 125 Å². The molecule has 1 saturated carbocycles. The Morgan fingerprint density at radius 2 is 2.29 bits per heavy atom. The van der Waals surface area contributed by atoms with Crippen molar-refractivity contribution in [3.8, 4) is 0 Å². The number of hydrogen-bond donors (Lipinski definition) is 0. The molecule has 0 amide bonds. The number of ketones is 1. The quantitative estimate of drug-likeness (QED) is 0.834. The first-order valence-electron chi connectivity index (χ1n) is 7.98. The number of rotatable bonds is 5. The van der Waals surface area contributed by atoms with Crippen molar-refractivity contribution < 1.29 is 14.1 Å². The third-order valence-corrected chi connectivity index (χ3v) is 4.74. The first-order valence-corrected chi connectivity index (χ1v) is 7.98. The molecule has 1 aromatic rings. The third kappa shape index (κ3) is 3.35. The Bertz CT molecular complexity index is 486. The number of nitrogens with zero attached hydrogens (tertiary/aromatic N) is 2. The second kappa shape index (κ2) is 6.71. The van der Waals surface area contributed by atoms with Crippen LogP contribution in [0.4, 0.5) is 0 Å². The van der Waals surface area contributed by atoms with Crippen LogP contribution in [0, 0.1) is 5.92 Å². The second-order valence-corrected chi connectivity index (χ2v) is 6.22. The number of ether oxygens (including phenoxy) is 1. The minimum atomic E-state index is 0.246. The van der Waals surface area contributed by atoms with Crippen molar-refractivity contribution in [3.63, 3.8) is 0 Å². The van der Waals surface area contributed by atoms with Crippen LogP contribution < -0.4 is 0 Å². The van der Waals surface area contributed by atoms with Crippen molar-refractivity contribution in [2.24, 2.45) is 5.92 Å². The van der Waals surface area contributed by atoms with Crippen LogP contribution in [0.25, 0.3) is 0 Å². The maximum atomic E-state index is 12.1. The fourth-order valence-electron chi connectivity index (χ4n) is 3.77.